The van der Waals surface area contributed by atoms with Gasteiger partial charge in [-0.2, -0.15) is 5.26 Å². The summed E-state index contributed by atoms with van der Waals surface area (Å²) in [7, 11) is 5.18. The molecule has 1 aliphatic heterocycles. The van der Waals surface area contributed by atoms with E-state index in [1.54, 1.807) is 19.4 Å². The first-order valence-electron chi connectivity index (χ1n) is 12.2. The Kier molecular flexibility index (Phi) is 9.38. The first-order chi connectivity index (χ1) is 18.8. The molecule has 204 valence electrons. The second-order valence-corrected chi connectivity index (χ2v) is 9.85. The third kappa shape index (κ3) is 7.05. The number of benzene rings is 2. The number of likely N-dealkylation sites (N-methyl/N-ethyl adjacent to an activating group) is 1. The molecule has 2 N–H and O–H groups in total. The third-order valence-electron chi connectivity index (χ3n) is 6.38. The van der Waals surface area contributed by atoms with Gasteiger partial charge in [0.15, 0.2) is 0 Å². The van der Waals surface area contributed by atoms with Gasteiger partial charge in [-0.15, -0.1) is 0 Å². The van der Waals surface area contributed by atoms with Gasteiger partial charge in [0.05, 0.1) is 42.8 Å². The minimum absolute atomic E-state index is 0.157. The van der Waals surface area contributed by atoms with Crippen LogP contribution in [0.25, 0.3) is 11.1 Å². The molecule has 1 amide bonds. The van der Waals surface area contributed by atoms with Crippen LogP contribution < -0.4 is 20.1 Å². The Balaban J connectivity index is 1.48. The SMILES string of the molecule is COc1cc(NC(=O)/C(C#N)=C/Nc2ccc(OC)c(-c3coc(CN4CCN(C)CC4)c3)c2)c(Cl)cc1Cl. The number of nitrogens with zero attached hydrogens (tertiary/aromatic N) is 3. The average Bonchev–Trinajstić information content (AvgIpc) is 3.40. The Labute approximate surface area is 237 Å². The molecule has 0 bridgehead atoms. The summed E-state index contributed by atoms with van der Waals surface area (Å²) in [5.41, 5.74) is 2.44. The lowest BCUT2D eigenvalue weighted by molar-refractivity contribution is -0.112. The first-order valence-corrected chi connectivity index (χ1v) is 12.9. The quantitative estimate of drug-likeness (QED) is 0.258. The normalized spacial score (nSPS) is 14.5. The standard InChI is InChI=1S/C28H29Cl2N5O4/c1-34-6-8-35(9-7-34)16-21-10-18(17-39-21)22-11-20(4-5-26(22)37-2)32-15-19(14-31)28(36)33-25-13-27(38-3)24(30)12-23(25)29/h4-5,10-13,15,17,32H,6-9,16H2,1-3H3,(H,33,36)/b19-15+. The highest BCUT2D eigenvalue weighted by molar-refractivity contribution is 6.37. The Morgan fingerprint density at radius 1 is 1.08 bits per heavy atom. The summed E-state index contributed by atoms with van der Waals surface area (Å²) in [4.78, 5) is 17.4. The predicted octanol–water partition coefficient (Wildman–Crippen LogP) is 5.48. The number of amides is 1. The molecule has 3 aromatic rings. The third-order valence-corrected chi connectivity index (χ3v) is 6.99. The van der Waals surface area contributed by atoms with Crippen molar-refractivity contribution in [3.05, 3.63) is 70.2 Å². The van der Waals surface area contributed by atoms with E-state index in [0.29, 0.717) is 22.2 Å². The van der Waals surface area contributed by atoms with Gasteiger partial charge in [0.25, 0.3) is 5.91 Å². The van der Waals surface area contributed by atoms with Gasteiger partial charge < -0.3 is 29.4 Å². The second kappa shape index (κ2) is 12.9. The van der Waals surface area contributed by atoms with Gasteiger partial charge >= 0.3 is 0 Å². The monoisotopic (exact) mass is 569 g/mol. The molecule has 9 nitrogen and oxygen atoms in total. The lowest BCUT2D eigenvalue weighted by atomic mass is 10.1. The smallest absolute Gasteiger partial charge is 0.267 e. The minimum Gasteiger partial charge on any atom is -0.496 e. The van der Waals surface area contributed by atoms with Crippen LogP contribution in [0.5, 0.6) is 11.5 Å². The van der Waals surface area contributed by atoms with Crippen molar-refractivity contribution in [3.8, 4) is 28.7 Å². The first kappa shape index (κ1) is 28.3. The number of carbonyl (C=O) groups excluding carboxylic acids is 1. The molecule has 0 unspecified atom stereocenters. The largest absolute Gasteiger partial charge is 0.496 e. The molecule has 0 aliphatic carbocycles. The van der Waals surface area contributed by atoms with E-state index >= 15 is 0 Å². The van der Waals surface area contributed by atoms with Crippen molar-refractivity contribution in [2.45, 2.75) is 6.54 Å². The number of furan rings is 1. The molecule has 2 aromatic carbocycles. The number of rotatable bonds is 9. The van der Waals surface area contributed by atoms with Crippen LogP contribution in [-0.2, 0) is 11.3 Å². The van der Waals surface area contributed by atoms with Crippen molar-refractivity contribution in [2.24, 2.45) is 0 Å². The van der Waals surface area contributed by atoms with E-state index in [1.165, 1.54) is 25.4 Å². The molecule has 0 radical (unpaired) electrons. The van der Waals surface area contributed by atoms with Crippen LogP contribution >= 0.6 is 23.2 Å². The van der Waals surface area contributed by atoms with E-state index in [2.05, 4.69) is 27.5 Å². The van der Waals surface area contributed by atoms with E-state index in [-0.39, 0.29) is 16.3 Å². The van der Waals surface area contributed by atoms with Crippen LogP contribution in [0, 0.1) is 11.3 Å². The van der Waals surface area contributed by atoms with Crippen molar-refractivity contribution >= 4 is 40.5 Å². The average molecular weight is 570 g/mol. The molecule has 1 saturated heterocycles. The van der Waals surface area contributed by atoms with E-state index in [4.69, 9.17) is 37.1 Å². The molecule has 11 heteroatoms. The number of nitrogens with one attached hydrogen (secondary N) is 2. The zero-order valence-corrected chi connectivity index (χ0v) is 23.4. The van der Waals surface area contributed by atoms with Gasteiger partial charge in [-0.05, 0) is 37.4 Å². The number of hydrogen-bond acceptors (Lipinski definition) is 8. The summed E-state index contributed by atoms with van der Waals surface area (Å²) in [6.45, 7) is 4.79. The highest BCUT2D eigenvalue weighted by Gasteiger charge is 2.18. The van der Waals surface area contributed by atoms with Crippen LogP contribution in [0.3, 0.4) is 0 Å². The summed E-state index contributed by atoms with van der Waals surface area (Å²) < 4.78 is 16.6. The van der Waals surface area contributed by atoms with Gasteiger partial charge in [0, 0.05) is 55.3 Å². The molecular weight excluding hydrogens is 541 g/mol. The predicted molar refractivity (Wildman–Crippen MR) is 152 cm³/mol. The topological polar surface area (TPSA) is 103 Å². The number of methoxy groups -OCH3 is 2. The number of anilines is 2. The fraction of sp³-hybridized carbons (Fsp3) is 0.286. The van der Waals surface area contributed by atoms with Crippen molar-refractivity contribution in [2.75, 3.05) is 58.1 Å². The van der Waals surface area contributed by atoms with E-state index in [0.717, 1.165) is 49.6 Å². The van der Waals surface area contributed by atoms with Gasteiger partial charge in [-0.1, -0.05) is 23.2 Å². The van der Waals surface area contributed by atoms with Crippen LogP contribution in [0.15, 0.2) is 58.9 Å². The van der Waals surface area contributed by atoms with Crippen molar-refractivity contribution in [3.63, 3.8) is 0 Å². The number of carbonyl (C=O) groups is 1. The number of nitriles is 1. The van der Waals surface area contributed by atoms with Crippen molar-refractivity contribution < 1.29 is 18.7 Å². The van der Waals surface area contributed by atoms with Gasteiger partial charge in [0.1, 0.15) is 28.9 Å². The van der Waals surface area contributed by atoms with E-state index < -0.39 is 5.91 Å². The molecule has 1 aliphatic rings. The molecule has 0 saturated carbocycles. The molecule has 1 fully saturated rings. The van der Waals surface area contributed by atoms with Crippen LogP contribution in [0.2, 0.25) is 10.0 Å². The van der Waals surface area contributed by atoms with Gasteiger partial charge in [-0.25, -0.2) is 0 Å². The fourth-order valence-corrected chi connectivity index (χ4v) is 4.64. The number of piperazine rings is 1. The second-order valence-electron chi connectivity index (χ2n) is 9.03. The van der Waals surface area contributed by atoms with Crippen molar-refractivity contribution in [1.29, 1.82) is 5.26 Å². The maximum atomic E-state index is 12.8. The lowest BCUT2D eigenvalue weighted by Crippen LogP contribution is -2.43. The molecule has 0 spiro atoms. The molecule has 1 aromatic heterocycles. The maximum absolute atomic E-state index is 12.8. The molecular formula is C28H29Cl2N5O4. The lowest BCUT2D eigenvalue weighted by Gasteiger charge is -2.31. The number of halogens is 2. The van der Waals surface area contributed by atoms with Crippen LogP contribution in [-0.4, -0.2) is 63.2 Å². The van der Waals surface area contributed by atoms with Gasteiger partial charge in [0.2, 0.25) is 0 Å². The fourth-order valence-electron chi connectivity index (χ4n) is 4.13. The molecule has 0 atom stereocenters. The highest BCUT2D eigenvalue weighted by atomic mass is 35.5. The van der Waals surface area contributed by atoms with Crippen molar-refractivity contribution in [1.82, 2.24) is 9.80 Å². The Hall–Kier alpha value is -3.68. The summed E-state index contributed by atoms with van der Waals surface area (Å²) in [5.74, 6) is 1.24. The zero-order valence-electron chi connectivity index (χ0n) is 21.9. The highest BCUT2D eigenvalue weighted by Crippen LogP contribution is 2.35. The van der Waals surface area contributed by atoms with Crippen LogP contribution in [0.4, 0.5) is 11.4 Å². The van der Waals surface area contributed by atoms with Crippen LogP contribution in [0.1, 0.15) is 5.76 Å². The summed E-state index contributed by atoms with van der Waals surface area (Å²) in [6.07, 6.45) is 3.04. The number of hydrogen-bond donors (Lipinski definition) is 2. The Bertz CT molecular complexity index is 1410. The summed E-state index contributed by atoms with van der Waals surface area (Å²) in [6, 6.07) is 12.3. The van der Waals surface area contributed by atoms with Gasteiger partial charge in [-0.3, -0.25) is 9.69 Å². The zero-order chi connectivity index (χ0) is 27.9. The summed E-state index contributed by atoms with van der Waals surface area (Å²) in [5, 5.41) is 15.8. The van der Waals surface area contributed by atoms with E-state index in [9.17, 15) is 10.1 Å². The molecule has 4 rings (SSSR count). The molecule has 39 heavy (non-hydrogen) atoms. The minimum atomic E-state index is -0.645. The Morgan fingerprint density at radius 2 is 1.82 bits per heavy atom. The maximum Gasteiger partial charge on any atom is 0.267 e. The molecule has 2 heterocycles. The summed E-state index contributed by atoms with van der Waals surface area (Å²) >= 11 is 12.3. The number of ether oxygens (including phenoxy) is 2. The Morgan fingerprint density at radius 3 is 2.51 bits per heavy atom. The van der Waals surface area contributed by atoms with E-state index in [1.807, 2.05) is 24.3 Å².